The van der Waals surface area contributed by atoms with E-state index in [2.05, 4.69) is 37.9 Å². The lowest BCUT2D eigenvalue weighted by molar-refractivity contribution is 0.000604. The summed E-state index contributed by atoms with van der Waals surface area (Å²) >= 11 is 0. The van der Waals surface area contributed by atoms with Crippen molar-refractivity contribution in [2.45, 2.75) is 71.9 Å². The van der Waals surface area contributed by atoms with Crippen LogP contribution in [0, 0.1) is 11.3 Å². The molecule has 0 spiro atoms. The van der Waals surface area contributed by atoms with E-state index in [0.717, 1.165) is 18.0 Å². The van der Waals surface area contributed by atoms with E-state index in [0.29, 0.717) is 5.41 Å². The van der Waals surface area contributed by atoms with Crippen LogP contribution in [0.2, 0.25) is 0 Å². The molecule has 18 heavy (non-hydrogen) atoms. The molecular weight excluding hydrogens is 220 g/mol. The Kier molecular flexibility index (Phi) is 4.71. The predicted molar refractivity (Wildman–Crippen MR) is 78.9 cm³/mol. The highest BCUT2D eigenvalue weighted by Gasteiger charge is 2.40. The van der Waals surface area contributed by atoms with Gasteiger partial charge >= 0.3 is 0 Å². The molecule has 0 bridgehead atoms. The van der Waals surface area contributed by atoms with Crippen molar-refractivity contribution in [2.24, 2.45) is 11.3 Å². The average Bonchev–Trinajstić information content (AvgIpc) is 2.25. The van der Waals surface area contributed by atoms with Crippen molar-refractivity contribution in [1.29, 1.82) is 0 Å². The van der Waals surface area contributed by atoms with Gasteiger partial charge in [0, 0.05) is 25.2 Å². The van der Waals surface area contributed by atoms with Gasteiger partial charge in [0.05, 0.1) is 0 Å². The molecule has 0 aromatic rings. The Morgan fingerprint density at radius 1 is 1.11 bits per heavy atom. The molecule has 2 aliphatic rings. The largest absolute Gasteiger partial charge is 0.314 e. The van der Waals surface area contributed by atoms with Crippen molar-refractivity contribution in [3.63, 3.8) is 0 Å². The molecule has 2 nitrogen and oxygen atoms in total. The Bertz CT molecular complexity index is 252. The van der Waals surface area contributed by atoms with Crippen LogP contribution in [-0.2, 0) is 0 Å². The Balaban J connectivity index is 2.09. The van der Waals surface area contributed by atoms with Gasteiger partial charge in [-0.25, -0.2) is 0 Å². The van der Waals surface area contributed by atoms with Crippen molar-refractivity contribution in [3.05, 3.63) is 0 Å². The zero-order valence-electron chi connectivity index (χ0n) is 12.8. The van der Waals surface area contributed by atoms with Crippen LogP contribution >= 0.6 is 0 Å². The first-order chi connectivity index (χ1) is 8.54. The minimum atomic E-state index is 0.467. The number of hydrogen-bond acceptors (Lipinski definition) is 2. The van der Waals surface area contributed by atoms with Crippen LogP contribution in [0.1, 0.15) is 59.8 Å². The molecule has 2 atom stereocenters. The highest BCUT2D eigenvalue weighted by Crippen LogP contribution is 2.41. The van der Waals surface area contributed by atoms with Crippen LogP contribution < -0.4 is 5.32 Å². The Morgan fingerprint density at radius 3 is 2.28 bits per heavy atom. The topological polar surface area (TPSA) is 15.3 Å². The summed E-state index contributed by atoms with van der Waals surface area (Å²) in [6.45, 7) is 13.4. The van der Waals surface area contributed by atoms with Crippen LogP contribution in [0.3, 0.4) is 0 Å². The summed E-state index contributed by atoms with van der Waals surface area (Å²) in [6.07, 6.45) is 7.05. The van der Waals surface area contributed by atoms with Gasteiger partial charge < -0.3 is 5.32 Å². The van der Waals surface area contributed by atoms with Gasteiger partial charge in [-0.15, -0.1) is 0 Å². The predicted octanol–water partition coefficient (Wildman–Crippen LogP) is 3.28. The van der Waals surface area contributed by atoms with E-state index in [1.165, 1.54) is 51.7 Å². The lowest BCUT2D eigenvalue weighted by Gasteiger charge is -2.50. The van der Waals surface area contributed by atoms with Gasteiger partial charge in [-0.3, -0.25) is 4.90 Å². The second-order valence-electron chi connectivity index (χ2n) is 7.37. The quantitative estimate of drug-likeness (QED) is 0.826. The normalized spacial score (nSPS) is 30.5. The highest BCUT2D eigenvalue weighted by molar-refractivity contribution is 4.95. The minimum absolute atomic E-state index is 0.467. The highest BCUT2D eigenvalue weighted by atomic mass is 15.3. The van der Waals surface area contributed by atoms with E-state index in [1.807, 2.05) is 0 Å². The van der Waals surface area contributed by atoms with E-state index in [-0.39, 0.29) is 0 Å². The molecule has 0 aromatic carbocycles. The number of nitrogens with zero attached hydrogens (tertiary/aromatic N) is 1. The molecule has 2 fully saturated rings. The Labute approximate surface area is 114 Å². The van der Waals surface area contributed by atoms with Crippen LogP contribution in [0.15, 0.2) is 0 Å². The van der Waals surface area contributed by atoms with Crippen LogP contribution in [0.25, 0.3) is 0 Å². The van der Waals surface area contributed by atoms with E-state index in [1.54, 1.807) is 0 Å². The second-order valence-corrected chi connectivity index (χ2v) is 7.37. The third-order valence-electron chi connectivity index (χ3n) is 4.98. The van der Waals surface area contributed by atoms with Gasteiger partial charge in [-0.05, 0) is 37.1 Å². The summed E-state index contributed by atoms with van der Waals surface area (Å²) in [6, 6.07) is 1.66. The fraction of sp³-hybridized carbons (Fsp3) is 1.00. The van der Waals surface area contributed by atoms with Gasteiger partial charge in [-0.2, -0.15) is 0 Å². The molecule has 0 amide bonds. The SMILES string of the molecule is CCCN(C1CNC1)C1CCCCC1C(C)(C)C. The summed E-state index contributed by atoms with van der Waals surface area (Å²) < 4.78 is 0. The molecule has 2 unspecified atom stereocenters. The van der Waals surface area contributed by atoms with Crippen molar-refractivity contribution >= 4 is 0 Å². The summed E-state index contributed by atoms with van der Waals surface area (Å²) in [4.78, 5) is 2.85. The number of rotatable bonds is 4. The molecule has 1 aliphatic heterocycles. The smallest absolute Gasteiger partial charge is 0.0348 e. The van der Waals surface area contributed by atoms with E-state index < -0.39 is 0 Å². The zero-order chi connectivity index (χ0) is 13.2. The fourth-order valence-electron chi connectivity index (χ4n) is 3.90. The molecule has 1 saturated heterocycles. The van der Waals surface area contributed by atoms with E-state index in [4.69, 9.17) is 0 Å². The molecule has 1 N–H and O–H groups in total. The Hall–Kier alpha value is -0.0800. The van der Waals surface area contributed by atoms with Gasteiger partial charge in [0.1, 0.15) is 0 Å². The maximum Gasteiger partial charge on any atom is 0.0348 e. The summed E-state index contributed by atoms with van der Waals surface area (Å²) in [5, 5.41) is 3.45. The molecule has 0 radical (unpaired) electrons. The summed E-state index contributed by atoms with van der Waals surface area (Å²) in [5.74, 6) is 0.887. The maximum atomic E-state index is 3.45. The molecule has 1 aliphatic carbocycles. The van der Waals surface area contributed by atoms with Gasteiger partial charge in [0.2, 0.25) is 0 Å². The lowest BCUT2D eigenvalue weighted by atomic mass is 9.68. The van der Waals surface area contributed by atoms with E-state index in [9.17, 15) is 0 Å². The first kappa shape index (κ1) is 14.3. The van der Waals surface area contributed by atoms with Crippen molar-refractivity contribution in [1.82, 2.24) is 10.2 Å². The number of hydrogen-bond donors (Lipinski definition) is 1. The lowest BCUT2D eigenvalue weighted by Crippen LogP contribution is -2.62. The molecule has 1 heterocycles. The van der Waals surface area contributed by atoms with Crippen molar-refractivity contribution < 1.29 is 0 Å². The fourth-order valence-corrected chi connectivity index (χ4v) is 3.90. The van der Waals surface area contributed by atoms with Crippen LogP contribution in [-0.4, -0.2) is 36.6 Å². The Morgan fingerprint density at radius 2 is 1.78 bits per heavy atom. The molecule has 2 rings (SSSR count). The zero-order valence-corrected chi connectivity index (χ0v) is 12.8. The van der Waals surface area contributed by atoms with E-state index >= 15 is 0 Å². The first-order valence-electron chi connectivity index (χ1n) is 8.00. The van der Waals surface area contributed by atoms with Gasteiger partial charge in [0.25, 0.3) is 0 Å². The van der Waals surface area contributed by atoms with Crippen molar-refractivity contribution in [2.75, 3.05) is 19.6 Å². The first-order valence-corrected chi connectivity index (χ1v) is 8.00. The molecule has 1 saturated carbocycles. The second kappa shape index (κ2) is 5.92. The third kappa shape index (κ3) is 3.08. The maximum absolute atomic E-state index is 3.45. The number of nitrogens with one attached hydrogen (secondary N) is 1. The van der Waals surface area contributed by atoms with Gasteiger partial charge in [0.15, 0.2) is 0 Å². The molecule has 106 valence electrons. The average molecular weight is 252 g/mol. The summed E-state index contributed by atoms with van der Waals surface area (Å²) in [5.41, 5.74) is 0.467. The standard InChI is InChI=1S/C16H32N2/c1-5-10-18(13-11-17-12-13)15-9-7-6-8-14(15)16(2,3)4/h13-15,17H,5-12H2,1-4H3. The monoisotopic (exact) mass is 252 g/mol. The minimum Gasteiger partial charge on any atom is -0.314 e. The molecule has 2 heteroatoms. The third-order valence-corrected chi connectivity index (χ3v) is 4.98. The van der Waals surface area contributed by atoms with Crippen LogP contribution in [0.5, 0.6) is 0 Å². The molecule has 0 aromatic heterocycles. The van der Waals surface area contributed by atoms with Crippen LogP contribution in [0.4, 0.5) is 0 Å². The molecular formula is C16H32N2. The van der Waals surface area contributed by atoms with Crippen molar-refractivity contribution in [3.8, 4) is 0 Å². The van der Waals surface area contributed by atoms with Gasteiger partial charge in [-0.1, -0.05) is 40.5 Å². The summed E-state index contributed by atoms with van der Waals surface area (Å²) in [7, 11) is 0.